The van der Waals surface area contributed by atoms with Crippen LogP contribution in [0.2, 0.25) is 0 Å². The van der Waals surface area contributed by atoms with Crippen molar-refractivity contribution in [1.29, 1.82) is 0 Å². The van der Waals surface area contributed by atoms with Crippen molar-refractivity contribution in [2.75, 3.05) is 18.8 Å². The summed E-state index contributed by atoms with van der Waals surface area (Å²) in [6.07, 6.45) is 1.23. The van der Waals surface area contributed by atoms with Gasteiger partial charge < -0.3 is 0 Å². The van der Waals surface area contributed by atoms with Gasteiger partial charge in [-0.25, -0.2) is 5.01 Å². The number of nitrogens with zero attached hydrogens (tertiary/aromatic N) is 1. The molecule has 2 N–H and O–H groups in total. The zero-order valence-electron chi connectivity index (χ0n) is 9.26. The normalized spacial score (nSPS) is 29.3. The SMILES string of the molecule is CC1(C)CN(N)CCSC(C)(C)C1. The van der Waals surface area contributed by atoms with Crippen molar-refractivity contribution >= 4 is 11.8 Å². The van der Waals surface area contributed by atoms with Crippen molar-refractivity contribution in [2.45, 2.75) is 38.9 Å². The van der Waals surface area contributed by atoms with Crippen molar-refractivity contribution in [2.24, 2.45) is 11.3 Å². The highest BCUT2D eigenvalue weighted by molar-refractivity contribution is 8.00. The van der Waals surface area contributed by atoms with Crippen LogP contribution in [-0.2, 0) is 0 Å². The summed E-state index contributed by atoms with van der Waals surface area (Å²) >= 11 is 2.04. The Morgan fingerprint density at radius 1 is 1.23 bits per heavy atom. The number of rotatable bonds is 0. The third-order valence-corrected chi connectivity index (χ3v) is 3.72. The average Bonchev–Trinajstić information content (AvgIpc) is 1.78. The van der Waals surface area contributed by atoms with Gasteiger partial charge in [-0.15, -0.1) is 0 Å². The summed E-state index contributed by atoms with van der Waals surface area (Å²) in [5, 5.41) is 1.96. The monoisotopic (exact) mass is 202 g/mol. The standard InChI is InChI=1S/C10H22N2S/c1-9(2)7-10(3,4)13-6-5-12(11)8-9/h5-8,11H2,1-4H3. The largest absolute Gasteiger partial charge is 0.269 e. The van der Waals surface area contributed by atoms with Gasteiger partial charge in [0.25, 0.3) is 0 Å². The van der Waals surface area contributed by atoms with Crippen LogP contribution in [0.5, 0.6) is 0 Å². The van der Waals surface area contributed by atoms with Crippen LogP contribution < -0.4 is 5.84 Å². The Kier molecular flexibility index (Phi) is 3.31. The molecule has 0 radical (unpaired) electrons. The molecule has 13 heavy (non-hydrogen) atoms. The maximum absolute atomic E-state index is 5.89. The molecule has 2 nitrogen and oxygen atoms in total. The lowest BCUT2D eigenvalue weighted by Gasteiger charge is -2.39. The highest BCUT2D eigenvalue weighted by Crippen LogP contribution is 2.38. The van der Waals surface area contributed by atoms with Crippen molar-refractivity contribution in [1.82, 2.24) is 5.01 Å². The molecule has 0 amide bonds. The fourth-order valence-electron chi connectivity index (χ4n) is 2.33. The number of hydrogen-bond acceptors (Lipinski definition) is 3. The van der Waals surface area contributed by atoms with Crippen LogP contribution in [0.25, 0.3) is 0 Å². The average molecular weight is 202 g/mol. The van der Waals surface area contributed by atoms with Crippen LogP contribution in [-0.4, -0.2) is 28.6 Å². The van der Waals surface area contributed by atoms with E-state index in [9.17, 15) is 0 Å². The predicted molar refractivity (Wildman–Crippen MR) is 60.7 cm³/mol. The molecule has 3 heteroatoms. The van der Waals surface area contributed by atoms with Crippen molar-refractivity contribution in [3.63, 3.8) is 0 Å². The summed E-state index contributed by atoms with van der Waals surface area (Å²) in [4.78, 5) is 0. The van der Waals surface area contributed by atoms with Crippen molar-refractivity contribution in [3.8, 4) is 0 Å². The predicted octanol–water partition coefficient (Wildman–Crippen LogP) is 2.10. The van der Waals surface area contributed by atoms with E-state index in [4.69, 9.17) is 5.84 Å². The van der Waals surface area contributed by atoms with Gasteiger partial charge in [0.05, 0.1) is 0 Å². The molecule has 0 saturated carbocycles. The fourth-order valence-corrected chi connectivity index (χ4v) is 3.70. The lowest BCUT2D eigenvalue weighted by atomic mass is 9.83. The van der Waals surface area contributed by atoms with Crippen LogP contribution in [0.4, 0.5) is 0 Å². The number of nitrogens with two attached hydrogens (primary N) is 1. The minimum absolute atomic E-state index is 0.339. The van der Waals surface area contributed by atoms with E-state index in [0.717, 1.165) is 18.8 Å². The summed E-state index contributed by atoms with van der Waals surface area (Å²) in [6.45, 7) is 11.3. The first-order valence-corrected chi connectivity index (χ1v) is 5.93. The number of hydrogen-bond donors (Lipinski definition) is 1. The van der Waals surface area contributed by atoms with Gasteiger partial charge in [-0.05, 0) is 11.8 Å². The first-order valence-electron chi connectivity index (χ1n) is 4.94. The van der Waals surface area contributed by atoms with E-state index < -0.39 is 0 Å². The second-order valence-corrected chi connectivity index (χ2v) is 7.22. The Bertz CT molecular complexity index is 178. The lowest BCUT2D eigenvalue weighted by molar-refractivity contribution is 0.165. The van der Waals surface area contributed by atoms with Crippen LogP contribution >= 0.6 is 11.8 Å². The zero-order valence-corrected chi connectivity index (χ0v) is 10.1. The van der Waals surface area contributed by atoms with E-state index >= 15 is 0 Å². The number of thioether (sulfide) groups is 1. The third-order valence-electron chi connectivity index (χ3n) is 2.41. The Balaban J connectivity index is 2.65. The molecule has 0 bridgehead atoms. The number of hydrazine groups is 1. The van der Waals surface area contributed by atoms with E-state index in [0.29, 0.717) is 10.2 Å². The molecular weight excluding hydrogens is 180 g/mol. The van der Waals surface area contributed by atoms with E-state index in [1.54, 1.807) is 0 Å². The van der Waals surface area contributed by atoms with Crippen LogP contribution in [0.15, 0.2) is 0 Å². The highest BCUT2D eigenvalue weighted by atomic mass is 32.2. The summed E-state index contributed by atoms with van der Waals surface area (Å²) in [7, 11) is 0. The van der Waals surface area contributed by atoms with Gasteiger partial charge in [-0.3, -0.25) is 5.84 Å². The first-order chi connectivity index (χ1) is 5.81. The second kappa shape index (κ2) is 3.79. The Morgan fingerprint density at radius 2 is 1.85 bits per heavy atom. The Labute approximate surface area is 86.2 Å². The topological polar surface area (TPSA) is 29.3 Å². The van der Waals surface area contributed by atoms with Gasteiger partial charge in [0, 0.05) is 23.6 Å². The molecular formula is C10H22N2S. The minimum Gasteiger partial charge on any atom is -0.269 e. The Morgan fingerprint density at radius 3 is 2.46 bits per heavy atom. The molecule has 0 aromatic heterocycles. The maximum atomic E-state index is 5.89. The van der Waals surface area contributed by atoms with Gasteiger partial charge in [-0.2, -0.15) is 11.8 Å². The van der Waals surface area contributed by atoms with E-state index in [1.165, 1.54) is 6.42 Å². The van der Waals surface area contributed by atoms with Crippen LogP contribution in [0.1, 0.15) is 34.1 Å². The molecule has 0 atom stereocenters. The molecule has 0 aromatic carbocycles. The Hall–Kier alpha value is 0.270. The highest BCUT2D eigenvalue weighted by Gasteiger charge is 2.32. The summed E-state index contributed by atoms with van der Waals surface area (Å²) in [6, 6.07) is 0. The van der Waals surface area contributed by atoms with Gasteiger partial charge in [-0.1, -0.05) is 27.7 Å². The molecule has 0 unspecified atom stereocenters. The molecule has 1 fully saturated rings. The molecule has 1 aliphatic rings. The van der Waals surface area contributed by atoms with E-state index in [2.05, 4.69) is 27.7 Å². The van der Waals surface area contributed by atoms with E-state index in [-0.39, 0.29) is 0 Å². The molecule has 1 saturated heterocycles. The smallest absolute Gasteiger partial charge is 0.0219 e. The van der Waals surface area contributed by atoms with E-state index in [1.807, 2.05) is 16.8 Å². The molecule has 78 valence electrons. The molecule has 1 rings (SSSR count). The molecule has 1 aliphatic heterocycles. The molecule has 0 aliphatic carbocycles. The summed E-state index contributed by atoms with van der Waals surface area (Å²) in [5.74, 6) is 7.04. The first kappa shape index (κ1) is 11.3. The zero-order chi connectivity index (χ0) is 10.1. The molecule has 0 spiro atoms. The van der Waals surface area contributed by atoms with Gasteiger partial charge in [0.15, 0.2) is 0 Å². The fraction of sp³-hybridized carbons (Fsp3) is 1.00. The van der Waals surface area contributed by atoms with Gasteiger partial charge in [0.1, 0.15) is 0 Å². The van der Waals surface area contributed by atoms with Crippen molar-refractivity contribution < 1.29 is 0 Å². The van der Waals surface area contributed by atoms with Crippen LogP contribution in [0, 0.1) is 5.41 Å². The molecule has 1 heterocycles. The van der Waals surface area contributed by atoms with Crippen molar-refractivity contribution in [3.05, 3.63) is 0 Å². The maximum Gasteiger partial charge on any atom is 0.0219 e. The lowest BCUT2D eigenvalue weighted by Crippen LogP contribution is -2.45. The third kappa shape index (κ3) is 3.88. The summed E-state index contributed by atoms with van der Waals surface area (Å²) < 4.78 is 0.408. The van der Waals surface area contributed by atoms with Gasteiger partial charge in [0.2, 0.25) is 0 Å². The quantitative estimate of drug-likeness (QED) is 0.610. The second-order valence-electron chi connectivity index (χ2n) is 5.42. The summed E-state index contributed by atoms with van der Waals surface area (Å²) in [5.41, 5.74) is 0.339. The van der Waals surface area contributed by atoms with Gasteiger partial charge >= 0.3 is 0 Å². The van der Waals surface area contributed by atoms with Crippen LogP contribution in [0.3, 0.4) is 0 Å². The molecule has 0 aromatic rings. The minimum atomic E-state index is 0.339.